The Kier molecular flexibility index (Phi) is 5.00. The van der Waals surface area contributed by atoms with Crippen LogP contribution in [0, 0.1) is 12.7 Å². The summed E-state index contributed by atoms with van der Waals surface area (Å²) in [7, 11) is 0. The maximum atomic E-state index is 13.6. The summed E-state index contributed by atoms with van der Waals surface area (Å²) in [5.74, 6) is 0.306. The van der Waals surface area contributed by atoms with E-state index in [1.54, 1.807) is 11.0 Å². The molecule has 166 valence electrons. The van der Waals surface area contributed by atoms with Gasteiger partial charge in [-0.3, -0.25) is 4.57 Å². The van der Waals surface area contributed by atoms with E-state index in [0.717, 1.165) is 16.6 Å². The number of aryl methyl sites for hydroxylation is 1. The van der Waals surface area contributed by atoms with Gasteiger partial charge in [-0.25, -0.2) is 14.0 Å². The highest BCUT2D eigenvalue weighted by Gasteiger charge is 2.27. The van der Waals surface area contributed by atoms with Crippen molar-refractivity contribution in [2.45, 2.75) is 38.8 Å². The first-order valence-corrected chi connectivity index (χ1v) is 10.9. The topological polar surface area (TPSA) is 83.3 Å². The van der Waals surface area contributed by atoms with E-state index in [4.69, 9.17) is 4.42 Å². The van der Waals surface area contributed by atoms with Crippen LogP contribution in [0.25, 0.3) is 22.0 Å². The van der Waals surface area contributed by atoms with E-state index in [9.17, 15) is 14.0 Å². The summed E-state index contributed by atoms with van der Waals surface area (Å²) in [6.07, 6.45) is 1.40. The average molecular weight is 436 g/mol. The second kappa shape index (κ2) is 7.85. The van der Waals surface area contributed by atoms with E-state index in [1.165, 1.54) is 12.1 Å². The van der Waals surface area contributed by atoms with E-state index >= 15 is 0 Å². The van der Waals surface area contributed by atoms with Crippen molar-refractivity contribution < 1.29 is 13.6 Å². The fourth-order valence-corrected chi connectivity index (χ4v) is 4.73. The third-order valence-corrected chi connectivity index (χ3v) is 6.41. The van der Waals surface area contributed by atoms with Crippen molar-refractivity contribution in [3.05, 3.63) is 70.1 Å². The summed E-state index contributed by atoms with van der Waals surface area (Å²) >= 11 is 0. The number of amides is 2. The SMILES string of the molecule is Cc1c(C(C)NC(=O)N2CCC(n3c(=O)[nH]c4ccccc43)CC2)oc2ccc(F)cc12. The number of hydrogen-bond donors (Lipinski definition) is 2. The molecule has 0 saturated carbocycles. The van der Waals surface area contributed by atoms with E-state index < -0.39 is 0 Å². The zero-order valence-electron chi connectivity index (χ0n) is 18.0. The molecule has 4 aromatic rings. The van der Waals surface area contributed by atoms with E-state index in [1.807, 2.05) is 42.7 Å². The number of nitrogens with one attached hydrogen (secondary N) is 2. The number of halogens is 1. The number of piperidine rings is 1. The van der Waals surface area contributed by atoms with E-state index in [0.29, 0.717) is 42.7 Å². The van der Waals surface area contributed by atoms with Crippen LogP contribution in [-0.4, -0.2) is 33.6 Å². The largest absolute Gasteiger partial charge is 0.459 e. The highest BCUT2D eigenvalue weighted by Crippen LogP contribution is 2.30. The number of fused-ring (bicyclic) bond motifs is 2. The molecular formula is C24H25FN4O3. The van der Waals surface area contributed by atoms with Crippen LogP contribution < -0.4 is 11.0 Å². The van der Waals surface area contributed by atoms with Crippen LogP contribution in [-0.2, 0) is 0 Å². The second-order valence-corrected chi connectivity index (χ2v) is 8.44. The Morgan fingerprint density at radius 1 is 1.22 bits per heavy atom. The second-order valence-electron chi connectivity index (χ2n) is 8.44. The molecule has 7 nitrogen and oxygen atoms in total. The number of benzene rings is 2. The monoisotopic (exact) mass is 436 g/mol. The molecule has 0 spiro atoms. The fraction of sp³-hybridized carbons (Fsp3) is 0.333. The molecule has 0 bridgehead atoms. The Balaban J connectivity index is 1.26. The number of imidazole rings is 1. The molecule has 2 aromatic heterocycles. The van der Waals surface area contributed by atoms with Crippen LogP contribution in [0.15, 0.2) is 51.7 Å². The molecule has 1 aliphatic heterocycles. The maximum Gasteiger partial charge on any atom is 0.326 e. The quantitative estimate of drug-likeness (QED) is 0.491. The number of aromatic amines is 1. The lowest BCUT2D eigenvalue weighted by atomic mass is 10.0. The standard InChI is InChI=1S/C24H25FN4O3/c1-14-18-13-16(25)7-8-21(18)32-22(14)15(2)26-23(30)28-11-9-17(10-12-28)29-20-6-4-3-5-19(20)27-24(29)31/h3-8,13,15,17H,9-12H2,1-2H3,(H,26,30)(H,27,31). The average Bonchev–Trinajstić information content (AvgIpc) is 3.30. The molecule has 2 N–H and O–H groups in total. The first-order chi connectivity index (χ1) is 15.4. The van der Waals surface area contributed by atoms with Gasteiger partial charge in [0, 0.05) is 30.1 Å². The normalized spacial score (nSPS) is 16.0. The number of hydrogen-bond acceptors (Lipinski definition) is 3. The summed E-state index contributed by atoms with van der Waals surface area (Å²) in [6.45, 7) is 4.84. The smallest absolute Gasteiger partial charge is 0.326 e. The van der Waals surface area contributed by atoms with Gasteiger partial charge in [0.1, 0.15) is 17.2 Å². The number of nitrogens with zero attached hydrogens (tertiary/aromatic N) is 2. The van der Waals surface area contributed by atoms with Crippen LogP contribution in [0.4, 0.5) is 9.18 Å². The summed E-state index contributed by atoms with van der Waals surface area (Å²) in [5, 5.41) is 3.71. The third kappa shape index (κ3) is 3.45. The van der Waals surface area contributed by atoms with Crippen LogP contribution in [0.1, 0.15) is 43.2 Å². The molecule has 1 atom stereocenters. The Morgan fingerprint density at radius 2 is 1.97 bits per heavy atom. The third-order valence-electron chi connectivity index (χ3n) is 6.41. The number of aromatic nitrogens is 2. The molecule has 8 heteroatoms. The van der Waals surface area contributed by atoms with Crippen LogP contribution in [0.2, 0.25) is 0 Å². The lowest BCUT2D eigenvalue weighted by Gasteiger charge is -2.33. The molecule has 0 aliphatic carbocycles. The minimum absolute atomic E-state index is 0.0487. The number of para-hydroxylation sites is 2. The maximum absolute atomic E-state index is 13.6. The molecule has 5 rings (SSSR count). The van der Waals surface area contributed by atoms with Gasteiger partial charge in [0.15, 0.2) is 0 Å². The minimum Gasteiger partial charge on any atom is -0.459 e. The van der Waals surface area contributed by atoms with Crippen molar-refractivity contribution in [1.82, 2.24) is 19.8 Å². The summed E-state index contributed by atoms with van der Waals surface area (Å²) in [6, 6.07) is 11.6. The first kappa shape index (κ1) is 20.4. The molecule has 3 heterocycles. The summed E-state index contributed by atoms with van der Waals surface area (Å²) in [5.41, 5.74) is 3.03. The van der Waals surface area contributed by atoms with Crippen LogP contribution in [0.3, 0.4) is 0 Å². The molecule has 0 radical (unpaired) electrons. The van der Waals surface area contributed by atoms with Gasteiger partial charge < -0.3 is 19.6 Å². The Morgan fingerprint density at radius 3 is 2.75 bits per heavy atom. The zero-order chi connectivity index (χ0) is 22.4. The zero-order valence-corrected chi connectivity index (χ0v) is 18.0. The number of likely N-dealkylation sites (tertiary alicyclic amines) is 1. The summed E-state index contributed by atoms with van der Waals surface area (Å²) < 4.78 is 21.3. The Labute approximate surface area is 183 Å². The minimum atomic E-state index is -0.355. The fourth-order valence-electron chi connectivity index (χ4n) is 4.73. The molecular weight excluding hydrogens is 411 g/mol. The van der Waals surface area contributed by atoms with Crippen molar-refractivity contribution in [2.24, 2.45) is 0 Å². The molecule has 1 saturated heterocycles. The predicted molar refractivity (Wildman–Crippen MR) is 120 cm³/mol. The number of carbonyl (C=O) groups is 1. The number of H-pyrrole nitrogens is 1. The van der Waals surface area contributed by atoms with Crippen LogP contribution in [0.5, 0.6) is 0 Å². The van der Waals surface area contributed by atoms with Gasteiger partial charge in [0.05, 0.1) is 17.1 Å². The van der Waals surface area contributed by atoms with Crippen molar-refractivity contribution >= 4 is 28.0 Å². The van der Waals surface area contributed by atoms with Crippen molar-refractivity contribution in [1.29, 1.82) is 0 Å². The highest BCUT2D eigenvalue weighted by molar-refractivity contribution is 5.82. The molecule has 1 aliphatic rings. The molecule has 1 unspecified atom stereocenters. The molecule has 32 heavy (non-hydrogen) atoms. The summed E-state index contributed by atoms with van der Waals surface area (Å²) in [4.78, 5) is 30.0. The predicted octanol–water partition coefficient (Wildman–Crippen LogP) is 4.63. The van der Waals surface area contributed by atoms with Gasteiger partial charge in [-0.2, -0.15) is 0 Å². The van der Waals surface area contributed by atoms with E-state index in [-0.39, 0.29) is 29.6 Å². The Bertz CT molecular complexity index is 1360. The highest BCUT2D eigenvalue weighted by atomic mass is 19.1. The Hall–Kier alpha value is -3.55. The number of rotatable bonds is 3. The van der Waals surface area contributed by atoms with E-state index in [2.05, 4.69) is 10.3 Å². The molecule has 2 amide bonds. The number of carbonyl (C=O) groups excluding carboxylic acids is 1. The van der Waals surface area contributed by atoms with Gasteiger partial charge in [-0.1, -0.05) is 12.1 Å². The van der Waals surface area contributed by atoms with Crippen molar-refractivity contribution in [2.75, 3.05) is 13.1 Å². The lowest BCUT2D eigenvalue weighted by molar-refractivity contribution is 0.168. The van der Waals surface area contributed by atoms with Crippen LogP contribution >= 0.6 is 0 Å². The lowest BCUT2D eigenvalue weighted by Crippen LogP contribution is -2.46. The van der Waals surface area contributed by atoms with Gasteiger partial charge >= 0.3 is 11.7 Å². The van der Waals surface area contributed by atoms with Gasteiger partial charge in [-0.15, -0.1) is 0 Å². The van der Waals surface area contributed by atoms with Gasteiger partial charge in [0.2, 0.25) is 0 Å². The van der Waals surface area contributed by atoms with Crippen molar-refractivity contribution in [3.8, 4) is 0 Å². The molecule has 2 aromatic carbocycles. The van der Waals surface area contributed by atoms with Gasteiger partial charge in [0.25, 0.3) is 0 Å². The first-order valence-electron chi connectivity index (χ1n) is 10.9. The van der Waals surface area contributed by atoms with Crippen molar-refractivity contribution in [3.63, 3.8) is 0 Å². The van der Waals surface area contributed by atoms with Gasteiger partial charge in [-0.05, 0) is 57.0 Å². The number of urea groups is 1. The molecule has 1 fully saturated rings. The number of furan rings is 1.